The van der Waals surface area contributed by atoms with Gasteiger partial charge in [-0.1, -0.05) is 15.9 Å². The van der Waals surface area contributed by atoms with Gasteiger partial charge in [0.25, 0.3) is 0 Å². The van der Waals surface area contributed by atoms with Crippen molar-refractivity contribution < 1.29 is 17.9 Å². The number of morpholine rings is 1. The van der Waals surface area contributed by atoms with Crippen molar-refractivity contribution in [2.75, 3.05) is 33.4 Å². The summed E-state index contributed by atoms with van der Waals surface area (Å²) < 4.78 is 38.3. The minimum atomic E-state index is -3.63. The van der Waals surface area contributed by atoms with Gasteiger partial charge in [0.05, 0.1) is 20.3 Å². The second-order valence-electron chi connectivity index (χ2n) is 4.37. The molecular formula is C12H17BrN2O4S. The number of benzene rings is 1. The lowest BCUT2D eigenvalue weighted by molar-refractivity contribution is 0.0784. The standard InChI is InChI=1S/C12H17BrN2O4S/c1-18-11-3-2-9(13)6-12(11)20(16,17)15-7-10-8-19-5-4-14-10/h2-3,6,10,14-15H,4-5,7-8H2,1H3. The maximum atomic E-state index is 12.3. The predicted molar refractivity (Wildman–Crippen MR) is 78.5 cm³/mol. The molecule has 0 amide bonds. The molecule has 1 atom stereocenters. The van der Waals surface area contributed by atoms with Crippen LogP contribution in [0.15, 0.2) is 27.6 Å². The predicted octanol–water partition coefficient (Wildman–Crippen LogP) is 0.724. The lowest BCUT2D eigenvalue weighted by Gasteiger charge is -2.24. The third-order valence-electron chi connectivity index (χ3n) is 2.93. The number of hydrogen-bond donors (Lipinski definition) is 2. The Labute approximate surface area is 127 Å². The summed E-state index contributed by atoms with van der Waals surface area (Å²) >= 11 is 3.27. The Morgan fingerprint density at radius 1 is 1.55 bits per heavy atom. The summed E-state index contributed by atoms with van der Waals surface area (Å²) in [5.74, 6) is 0.313. The summed E-state index contributed by atoms with van der Waals surface area (Å²) in [5, 5.41) is 3.19. The molecule has 20 heavy (non-hydrogen) atoms. The van der Waals surface area contributed by atoms with E-state index in [1.54, 1.807) is 12.1 Å². The van der Waals surface area contributed by atoms with Crippen LogP contribution < -0.4 is 14.8 Å². The van der Waals surface area contributed by atoms with Crippen molar-refractivity contribution in [3.05, 3.63) is 22.7 Å². The van der Waals surface area contributed by atoms with E-state index in [1.807, 2.05) is 0 Å². The minimum Gasteiger partial charge on any atom is -0.495 e. The molecule has 0 radical (unpaired) electrons. The molecule has 0 spiro atoms. The lowest BCUT2D eigenvalue weighted by atomic mass is 10.3. The normalized spacial score (nSPS) is 19.8. The summed E-state index contributed by atoms with van der Waals surface area (Å²) in [4.78, 5) is 0.117. The van der Waals surface area contributed by atoms with Crippen molar-refractivity contribution in [2.45, 2.75) is 10.9 Å². The summed E-state index contributed by atoms with van der Waals surface area (Å²) in [6, 6.07) is 4.85. The molecule has 2 N–H and O–H groups in total. The van der Waals surface area contributed by atoms with Crippen molar-refractivity contribution in [2.24, 2.45) is 0 Å². The monoisotopic (exact) mass is 364 g/mol. The third kappa shape index (κ3) is 3.92. The van der Waals surface area contributed by atoms with Crippen LogP contribution in [0, 0.1) is 0 Å². The van der Waals surface area contributed by atoms with Gasteiger partial charge in [-0.2, -0.15) is 0 Å². The van der Waals surface area contributed by atoms with Crippen LogP contribution in [0.1, 0.15) is 0 Å². The number of hydrogen-bond acceptors (Lipinski definition) is 5. The van der Waals surface area contributed by atoms with Crippen LogP contribution >= 0.6 is 15.9 Å². The summed E-state index contributed by atoms with van der Waals surface area (Å²) in [6.45, 7) is 2.16. The summed E-state index contributed by atoms with van der Waals surface area (Å²) in [5.41, 5.74) is 0. The van der Waals surface area contributed by atoms with Crippen LogP contribution in [0.4, 0.5) is 0 Å². The molecule has 1 saturated heterocycles. The van der Waals surface area contributed by atoms with Crippen molar-refractivity contribution in [1.82, 2.24) is 10.0 Å². The first-order valence-corrected chi connectivity index (χ1v) is 8.45. The van der Waals surface area contributed by atoms with Gasteiger partial charge in [0, 0.05) is 23.6 Å². The molecule has 1 aliphatic heterocycles. The largest absolute Gasteiger partial charge is 0.495 e. The van der Waals surface area contributed by atoms with Gasteiger partial charge in [0.15, 0.2) is 0 Å². The molecule has 2 rings (SSSR count). The Morgan fingerprint density at radius 3 is 3.00 bits per heavy atom. The first-order chi connectivity index (χ1) is 9.53. The maximum absolute atomic E-state index is 12.3. The number of methoxy groups -OCH3 is 1. The van der Waals surface area contributed by atoms with E-state index in [1.165, 1.54) is 13.2 Å². The molecule has 0 bridgehead atoms. The van der Waals surface area contributed by atoms with E-state index in [9.17, 15) is 8.42 Å². The van der Waals surface area contributed by atoms with Crippen molar-refractivity contribution in [3.63, 3.8) is 0 Å². The first-order valence-electron chi connectivity index (χ1n) is 6.17. The van der Waals surface area contributed by atoms with Crippen LogP contribution in [0.2, 0.25) is 0 Å². The van der Waals surface area contributed by atoms with E-state index in [4.69, 9.17) is 9.47 Å². The number of ether oxygens (including phenoxy) is 2. The molecule has 6 nitrogen and oxygen atoms in total. The van der Waals surface area contributed by atoms with Crippen LogP contribution in [-0.2, 0) is 14.8 Å². The zero-order chi connectivity index (χ0) is 14.6. The van der Waals surface area contributed by atoms with E-state index in [0.717, 1.165) is 6.54 Å². The Kier molecular flexibility index (Phi) is 5.39. The molecule has 0 aromatic heterocycles. The lowest BCUT2D eigenvalue weighted by Crippen LogP contribution is -2.48. The number of halogens is 1. The Morgan fingerprint density at radius 2 is 2.35 bits per heavy atom. The molecule has 0 saturated carbocycles. The SMILES string of the molecule is COc1ccc(Br)cc1S(=O)(=O)NCC1COCCN1. The van der Waals surface area contributed by atoms with Gasteiger partial charge in [0.2, 0.25) is 10.0 Å². The van der Waals surface area contributed by atoms with Crippen molar-refractivity contribution in [1.29, 1.82) is 0 Å². The maximum Gasteiger partial charge on any atom is 0.244 e. The molecule has 1 aromatic carbocycles. The zero-order valence-corrected chi connectivity index (χ0v) is 13.5. The zero-order valence-electron chi connectivity index (χ0n) is 11.1. The van der Waals surface area contributed by atoms with E-state index in [0.29, 0.717) is 23.4 Å². The Balaban J connectivity index is 2.11. The van der Waals surface area contributed by atoms with Gasteiger partial charge in [-0.3, -0.25) is 0 Å². The highest BCUT2D eigenvalue weighted by atomic mass is 79.9. The molecule has 1 unspecified atom stereocenters. The van der Waals surface area contributed by atoms with E-state index < -0.39 is 10.0 Å². The van der Waals surface area contributed by atoms with Crippen molar-refractivity contribution >= 4 is 26.0 Å². The van der Waals surface area contributed by atoms with E-state index >= 15 is 0 Å². The second-order valence-corrected chi connectivity index (χ2v) is 7.02. The van der Waals surface area contributed by atoms with E-state index in [-0.39, 0.29) is 17.5 Å². The Bertz CT molecular complexity index is 559. The number of rotatable bonds is 5. The Hall–Kier alpha value is -0.670. The van der Waals surface area contributed by atoms with Crippen LogP contribution in [0.3, 0.4) is 0 Å². The quantitative estimate of drug-likeness (QED) is 0.805. The van der Waals surface area contributed by atoms with Gasteiger partial charge in [-0.05, 0) is 18.2 Å². The van der Waals surface area contributed by atoms with Crippen molar-refractivity contribution in [3.8, 4) is 5.75 Å². The van der Waals surface area contributed by atoms with Crippen LogP contribution in [0.5, 0.6) is 5.75 Å². The van der Waals surface area contributed by atoms with Gasteiger partial charge < -0.3 is 14.8 Å². The second kappa shape index (κ2) is 6.86. The van der Waals surface area contributed by atoms with Gasteiger partial charge in [0.1, 0.15) is 10.6 Å². The number of nitrogens with one attached hydrogen (secondary N) is 2. The molecule has 112 valence electrons. The summed E-state index contributed by atoms with van der Waals surface area (Å²) in [6.07, 6.45) is 0. The van der Waals surface area contributed by atoms with Gasteiger partial charge in [-0.15, -0.1) is 0 Å². The average Bonchev–Trinajstić information content (AvgIpc) is 2.46. The minimum absolute atomic E-state index is 0.0170. The molecule has 1 fully saturated rings. The fourth-order valence-electron chi connectivity index (χ4n) is 1.90. The molecule has 8 heteroatoms. The fraction of sp³-hybridized carbons (Fsp3) is 0.500. The first kappa shape index (κ1) is 15.7. The summed E-state index contributed by atoms with van der Waals surface area (Å²) in [7, 11) is -2.18. The smallest absolute Gasteiger partial charge is 0.244 e. The fourth-order valence-corrected chi connectivity index (χ4v) is 3.69. The molecule has 1 aromatic rings. The van der Waals surface area contributed by atoms with Crippen LogP contribution in [-0.4, -0.2) is 47.9 Å². The van der Waals surface area contributed by atoms with Gasteiger partial charge in [-0.25, -0.2) is 13.1 Å². The van der Waals surface area contributed by atoms with Crippen LogP contribution in [0.25, 0.3) is 0 Å². The third-order valence-corrected chi connectivity index (χ3v) is 4.87. The highest BCUT2D eigenvalue weighted by molar-refractivity contribution is 9.10. The topological polar surface area (TPSA) is 76.7 Å². The average molecular weight is 365 g/mol. The molecular weight excluding hydrogens is 348 g/mol. The molecule has 1 heterocycles. The highest BCUT2D eigenvalue weighted by Gasteiger charge is 2.22. The highest BCUT2D eigenvalue weighted by Crippen LogP contribution is 2.26. The number of sulfonamides is 1. The molecule has 0 aliphatic carbocycles. The molecule has 1 aliphatic rings. The van der Waals surface area contributed by atoms with E-state index in [2.05, 4.69) is 26.0 Å². The van der Waals surface area contributed by atoms with Gasteiger partial charge >= 0.3 is 0 Å².